The van der Waals surface area contributed by atoms with E-state index in [9.17, 15) is 22.0 Å². The van der Waals surface area contributed by atoms with E-state index in [1.165, 1.54) is 34.6 Å². The van der Waals surface area contributed by atoms with Crippen molar-refractivity contribution < 1.29 is 22.0 Å². The van der Waals surface area contributed by atoms with Gasteiger partial charge in [0, 0.05) is 18.8 Å². The summed E-state index contributed by atoms with van der Waals surface area (Å²) in [5.74, 6) is -2.56. The number of sulfonamides is 1. The molecular weight excluding hydrogens is 374 g/mol. The molecule has 1 heterocycles. The SMILES string of the molecule is CC1CCCN(S(=O)(=O)c2ccc(NC(=O)c3c(F)cccc3F)cc2)C1. The van der Waals surface area contributed by atoms with Gasteiger partial charge in [-0.2, -0.15) is 4.31 Å². The molecule has 8 heteroatoms. The highest BCUT2D eigenvalue weighted by molar-refractivity contribution is 7.89. The first-order chi connectivity index (χ1) is 12.8. The standard InChI is InChI=1S/C19H20F2N2O3S/c1-13-4-3-11-23(12-13)27(25,26)15-9-7-14(8-10-15)22-19(24)18-16(20)5-2-6-17(18)21/h2,5-10,13H,3-4,11-12H2,1H3,(H,22,24). The molecule has 0 spiro atoms. The van der Waals surface area contributed by atoms with E-state index in [1.807, 2.05) is 6.92 Å². The molecule has 1 N–H and O–H groups in total. The van der Waals surface area contributed by atoms with Gasteiger partial charge in [0.05, 0.1) is 4.90 Å². The Hall–Kier alpha value is -2.32. The highest BCUT2D eigenvalue weighted by Gasteiger charge is 2.28. The molecule has 1 saturated heterocycles. The van der Waals surface area contributed by atoms with E-state index in [0.29, 0.717) is 19.0 Å². The molecule has 1 unspecified atom stereocenters. The van der Waals surface area contributed by atoms with Crippen LogP contribution in [0.15, 0.2) is 47.4 Å². The summed E-state index contributed by atoms with van der Waals surface area (Å²) < 4.78 is 54.2. The number of hydrogen-bond acceptors (Lipinski definition) is 3. The number of benzene rings is 2. The Morgan fingerprint density at radius 3 is 2.33 bits per heavy atom. The van der Waals surface area contributed by atoms with Gasteiger partial charge in [-0.1, -0.05) is 13.0 Å². The highest BCUT2D eigenvalue weighted by atomic mass is 32.2. The van der Waals surface area contributed by atoms with Crippen molar-refractivity contribution in [3.8, 4) is 0 Å². The number of anilines is 1. The summed E-state index contributed by atoms with van der Waals surface area (Å²) >= 11 is 0. The van der Waals surface area contributed by atoms with Crippen LogP contribution in [0.25, 0.3) is 0 Å². The van der Waals surface area contributed by atoms with Crippen LogP contribution in [0, 0.1) is 17.6 Å². The third kappa shape index (κ3) is 4.17. The Balaban J connectivity index is 1.76. The predicted molar refractivity (Wildman–Crippen MR) is 97.9 cm³/mol. The zero-order valence-electron chi connectivity index (χ0n) is 14.8. The first kappa shape index (κ1) is 19.4. The van der Waals surface area contributed by atoms with Gasteiger partial charge in [-0.15, -0.1) is 0 Å². The number of rotatable bonds is 4. The van der Waals surface area contributed by atoms with E-state index >= 15 is 0 Å². The summed E-state index contributed by atoms with van der Waals surface area (Å²) in [6.07, 6.45) is 1.83. The van der Waals surface area contributed by atoms with Crippen LogP contribution < -0.4 is 5.32 Å². The number of amides is 1. The van der Waals surface area contributed by atoms with Crippen molar-refractivity contribution in [3.05, 3.63) is 59.7 Å². The predicted octanol–water partition coefficient (Wildman–Crippen LogP) is 3.64. The number of nitrogens with zero attached hydrogens (tertiary/aromatic N) is 1. The first-order valence-electron chi connectivity index (χ1n) is 8.64. The van der Waals surface area contributed by atoms with Crippen LogP contribution in [0.2, 0.25) is 0 Å². The number of piperidine rings is 1. The van der Waals surface area contributed by atoms with Crippen molar-refractivity contribution in [1.29, 1.82) is 0 Å². The number of halogens is 2. The lowest BCUT2D eigenvalue weighted by Gasteiger charge is -2.30. The second-order valence-corrected chi connectivity index (χ2v) is 8.62. The molecule has 2 aromatic rings. The smallest absolute Gasteiger partial charge is 0.261 e. The fourth-order valence-corrected chi connectivity index (χ4v) is 4.73. The van der Waals surface area contributed by atoms with Gasteiger partial charge in [0.2, 0.25) is 10.0 Å². The summed E-state index contributed by atoms with van der Waals surface area (Å²) in [5, 5.41) is 2.38. The second-order valence-electron chi connectivity index (χ2n) is 6.69. The van der Waals surface area contributed by atoms with E-state index in [1.54, 1.807) is 0 Å². The van der Waals surface area contributed by atoms with Gasteiger partial charge in [0.25, 0.3) is 5.91 Å². The third-order valence-electron chi connectivity index (χ3n) is 4.56. The summed E-state index contributed by atoms with van der Waals surface area (Å²) in [6, 6.07) is 8.71. The van der Waals surface area contributed by atoms with Crippen molar-refractivity contribution in [2.75, 3.05) is 18.4 Å². The molecule has 0 radical (unpaired) electrons. The number of carbonyl (C=O) groups excluding carboxylic acids is 1. The maximum atomic E-state index is 13.7. The van der Waals surface area contributed by atoms with E-state index in [2.05, 4.69) is 5.32 Å². The van der Waals surface area contributed by atoms with Crippen molar-refractivity contribution in [1.82, 2.24) is 4.31 Å². The highest BCUT2D eigenvalue weighted by Crippen LogP contribution is 2.24. The molecule has 1 fully saturated rings. The van der Waals surface area contributed by atoms with Gasteiger partial charge < -0.3 is 5.32 Å². The van der Waals surface area contributed by atoms with Gasteiger partial charge in [-0.05, 0) is 55.2 Å². The minimum absolute atomic E-state index is 0.117. The molecule has 3 rings (SSSR count). The second kappa shape index (κ2) is 7.74. The van der Waals surface area contributed by atoms with Gasteiger partial charge in [0.15, 0.2) is 0 Å². The lowest BCUT2D eigenvalue weighted by molar-refractivity contribution is 0.101. The van der Waals surface area contributed by atoms with Gasteiger partial charge in [-0.25, -0.2) is 17.2 Å². The third-order valence-corrected chi connectivity index (χ3v) is 6.44. The Morgan fingerprint density at radius 2 is 1.74 bits per heavy atom. The molecule has 0 aromatic heterocycles. The Bertz CT molecular complexity index is 926. The molecule has 1 atom stereocenters. The molecular formula is C19H20F2N2O3S. The molecule has 144 valence electrons. The molecule has 2 aromatic carbocycles. The Morgan fingerprint density at radius 1 is 1.11 bits per heavy atom. The number of hydrogen-bond donors (Lipinski definition) is 1. The van der Waals surface area contributed by atoms with Crippen molar-refractivity contribution in [2.24, 2.45) is 5.92 Å². The number of carbonyl (C=O) groups is 1. The average Bonchev–Trinajstić information content (AvgIpc) is 2.62. The quantitative estimate of drug-likeness (QED) is 0.861. The fraction of sp³-hybridized carbons (Fsp3) is 0.316. The van der Waals surface area contributed by atoms with E-state index in [-0.39, 0.29) is 10.6 Å². The van der Waals surface area contributed by atoms with Crippen molar-refractivity contribution >= 4 is 21.6 Å². The summed E-state index contributed by atoms with van der Waals surface area (Å²) in [4.78, 5) is 12.2. The van der Waals surface area contributed by atoms with Gasteiger partial charge >= 0.3 is 0 Å². The fourth-order valence-electron chi connectivity index (χ4n) is 3.13. The Labute approximate surface area is 157 Å². The van der Waals surface area contributed by atoms with Crippen molar-refractivity contribution in [3.63, 3.8) is 0 Å². The zero-order valence-corrected chi connectivity index (χ0v) is 15.6. The minimum atomic E-state index is -3.61. The molecule has 27 heavy (non-hydrogen) atoms. The van der Waals surface area contributed by atoms with E-state index in [0.717, 1.165) is 25.0 Å². The molecule has 1 amide bonds. The lowest BCUT2D eigenvalue weighted by atomic mass is 10.0. The first-order valence-corrected chi connectivity index (χ1v) is 10.1. The topological polar surface area (TPSA) is 66.5 Å². The van der Waals surface area contributed by atoms with Crippen LogP contribution in [-0.4, -0.2) is 31.7 Å². The maximum absolute atomic E-state index is 13.7. The molecule has 0 bridgehead atoms. The molecule has 1 aliphatic heterocycles. The van der Waals surface area contributed by atoms with E-state index < -0.39 is 33.1 Å². The summed E-state index contributed by atoms with van der Waals surface area (Å²) in [6.45, 7) is 2.98. The molecule has 0 aliphatic carbocycles. The monoisotopic (exact) mass is 394 g/mol. The summed E-state index contributed by atoms with van der Waals surface area (Å²) in [5.41, 5.74) is -0.440. The van der Waals surface area contributed by atoms with Crippen LogP contribution >= 0.6 is 0 Å². The zero-order chi connectivity index (χ0) is 19.6. The van der Waals surface area contributed by atoms with Gasteiger partial charge in [-0.3, -0.25) is 4.79 Å². The maximum Gasteiger partial charge on any atom is 0.261 e. The van der Waals surface area contributed by atoms with Crippen LogP contribution in [0.3, 0.4) is 0 Å². The average molecular weight is 394 g/mol. The van der Waals surface area contributed by atoms with Crippen LogP contribution in [-0.2, 0) is 10.0 Å². The normalized spacial score (nSPS) is 18.3. The lowest BCUT2D eigenvalue weighted by Crippen LogP contribution is -2.39. The summed E-state index contributed by atoms with van der Waals surface area (Å²) in [7, 11) is -3.61. The minimum Gasteiger partial charge on any atom is -0.322 e. The van der Waals surface area contributed by atoms with Crippen LogP contribution in [0.4, 0.5) is 14.5 Å². The number of nitrogens with one attached hydrogen (secondary N) is 1. The largest absolute Gasteiger partial charge is 0.322 e. The molecule has 1 aliphatic rings. The van der Waals surface area contributed by atoms with Crippen LogP contribution in [0.1, 0.15) is 30.1 Å². The molecule has 0 saturated carbocycles. The van der Waals surface area contributed by atoms with E-state index in [4.69, 9.17) is 0 Å². The Kier molecular flexibility index (Phi) is 5.57. The molecule has 5 nitrogen and oxygen atoms in total. The van der Waals surface area contributed by atoms with Crippen LogP contribution in [0.5, 0.6) is 0 Å². The van der Waals surface area contributed by atoms with Crippen molar-refractivity contribution in [2.45, 2.75) is 24.7 Å². The van der Waals surface area contributed by atoms with Gasteiger partial charge in [0.1, 0.15) is 17.2 Å².